The Kier molecular flexibility index (Phi) is 5.82. The lowest BCUT2D eigenvalue weighted by atomic mass is 9.87. The quantitative estimate of drug-likeness (QED) is 0.555. The van der Waals surface area contributed by atoms with Gasteiger partial charge in [0.05, 0.1) is 53.6 Å². The minimum Gasteiger partial charge on any atom is -0.487 e. The number of aromatic nitrogens is 7. The molecule has 10 heteroatoms. The van der Waals surface area contributed by atoms with Crippen LogP contribution < -0.4 is 4.74 Å². The van der Waals surface area contributed by atoms with Crippen molar-refractivity contribution in [1.29, 1.82) is 0 Å². The van der Waals surface area contributed by atoms with Gasteiger partial charge in [-0.2, -0.15) is 5.10 Å². The van der Waals surface area contributed by atoms with Crippen molar-refractivity contribution in [3.8, 4) is 17.1 Å². The molecule has 33 heavy (non-hydrogen) atoms. The van der Waals surface area contributed by atoms with Gasteiger partial charge >= 0.3 is 5.97 Å². The number of carbonyl (C=O) groups is 1. The number of aryl methyl sites for hydroxylation is 2. The fourth-order valence-corrected chi connectivity index (χ4v) is 4.48. The smallest absolute Gasteiger partial charge is 0.306 e. The summed E-state index contributed by atoms with van der Waals surface area (Å²) in [6, 6.07) is 0. The number of hydrogen-bond acceptors (Lipinski definition) is 7. The molecule has 0 bridgehead atoms. The Morgan fingerprint density at radius 2 is 2.09 bits per heavy atom. The normalized spacial score (nSPS) is 20.7. The van der Waals surface area contributed by atoms with Crippen molar-refractivity contribution in [3.05, 3.63) is 35.7 Å². The third-order valence-corrected chi connectivity index (χ3v) is 6.60. The number of hydrogen-bond donors (Lipinski definition) is 1. The molecule has 2 atom stereocenters. The van der Waals surface area contributed by atoms with Crippen LogP contribution in [0.5, 0.6) is 5.75 Å². The van der Waals surface area contributed by atoms with Crippen molar-refractivity contribution in [2.24, 2.45) is 18.9 Å². The molecule has 2 aliphatic carbocycles. The summed E-state index contributed by atoms with van der Waals surface area (Å²) in [5.41, 5.74) is 3.54. The molecule has 0 saturated heterocycles. The molecule has 2 aliphatic rings. The molecule has 3 heterocycles. The number of ether oxygens (including phenoxy) is 1. The van der Waals surface area contributed by atoms with Gasteiger partial charge in [0.1, 0.15) is 0 Å². The SMILES string of the molecule is Cc1nc(-c2cnn(C)c2Cn2cc(CC3CC3)nn2)ncc1O[C@H]1CCC[C@H](C(=O)O)C1. The van der Waals surface area contributed by atoms with Gasteiger partial charge in [-0.05, 0) is 57.8 Å². The van der Waals surface area contributed by atoms with Gasteiger partial charge in [0.2, 0.25) is 0 Å². The number of rotatable bonds is 8. The molecule has 0 radical (unpaired) electrons. The van der Waals surface area contributed by atoms with E-state index in [1.807, 2.05) is 29.5 Å². The van der Waals surface area contributed by atoms with Gasteiger partial charge in [-0.3, -0.25) is 9.48 Å². The molecule has 10 nitrogen and oxygen atoms in total. The van der Waals surface area contributed by atoms with E-state index >= 15 is 0 Å². The van der Waals surface area contributed by atoms with Gasteiger partial charge in [0, 0.05) is 13.2 Å². The highest BCUT2D eigenvalue weighted by molar-refractivity contribution is 5.70. The van der Waals surface area contributed by atoms with E-state index in [0.29, 0.717) is 31.0 Å². The van der Waals surface area contributed by atoms with Crippen molar-refractivity contribution >= 4 is 5.97 Å². The van der Waals surface area contributed by atoms with Crippen LogP contribution in [-0.4, -0.2) is 51.9 Å². The molecule has 1 N–H and O–H groups in total. The first-order valence-electron chi connectivity index (χ1n) is 11.6. The van der Waals surface area contributed by atoms with Gasteiger partial charge in [-0.1, -0.05) is 5.21 Å². The summed E-state index contributed by atoms with van der Waals surface area (Å²) in [7, 11) is 1.90. The molecule has 0 aromatic carbocycles. The van der Waals surface area contributed by atoms with Crippen LogP contribution in [-0.2, 0) is 24.8 Å². The fraction of sp³-hybridized carbons (Fsp3) is 0.565. The van der Waals surface area contributed by atoms with Gasteiger partial charge < -0.3 is 9.84 Å². The highest BCUT2D eigenvalue weighted by Gasteiger charge is 2.29. The highest BCUT2D eigenvalue weighted by Crippen LogP contribution is 2.32. The van der Waals surface area contributed by atoms with Crippen LogP contribution in [0.1, 0.15) is 55.6 Å². The zero-order valence-electron chi connectivity index (χ0n) is 19.0. The second-order valence-electron chi connectivity index (χ2n) is 9.27. The number of nitrogens with zero attached hydrogens (tertiary/aromatic N) is 7. The number of aliphatic carboxylic acids is 1. The lowest BCUT2D eigenvalue weighted by Crippen LogP contribution is -2.29. The molecular formula is C23H29N7O3. The van der Waals surface area contributed by atoms with Crippen molar-refractivity contribution in [2.75, 3.05) is 0 Å². The third-order valence-electron chi connectivity index (χ3n) is 6.60. The first-order valence-corrected chi connectivity index (χ1v) is 11.6. The maximum absolute atomic E-state index is 11.3. The van der Waals surface area contributed by atoms with Crippen LogP contribution in [0.3, 0.4) is 0 Å². The van der Waals surface area contributed by atoms with Crippen LogP contribution in [0.4, 0.5) is 0 Å². The Labute approximate surface area is 192 Å². The van der Waals surface area contributed by atoms with E-state index in [2.05, 4.69) is 25.4 Å². The average molecular weight is 452 g/mol. The van der Waals surface area contributed by atoms with Crippen molar-refractivity contribution in [1.82, 2.24) is 34.7 Å². The van der Waals surface area contributed by atoms with E-state index in [9.17, 15) is 9.90 Å². The largest absolute Gasteiger partial charge is 0.487 e. The van der Waals surface area contributed by atoms with E-state index in [1.165, 1.54) is 12.8 Å². The van der Waals surface area contributed by atoms with Crippen LogP contribution >= 0.6 is 0 Å². The van der Waals surface area contributed by atoms with Crippen LogP contribution in [0.2, 0.25) is 0 Å². The topological polar surface area (TPSA) is 121 Å². The molecule has 2 saturated carbocycles. The number of carboxylic acids is 1. The highest BCUT2D eigenvalue weighted by atomic mass is 16.5. The molecule has 0 unspecified atom stereocenters. The minimum atomic E-state index is -0.747. The van der Waals surface area contributed by atoms with Crippen molar-refractivity contribution in [3.63, 3.8) is 0 Å². The summed E-state index contributed by atoms with van der Waals surface area (Å²) in [5, 5.41) is 22.3. The maximum Gasteiger partial charge on any atom is 0.306 e. The molecule has 2 fully saturated rings. The summed E-state index contributed by atoms with van der Waals surface area (Å²) in [4.78, 5) is 20.6. The lowest BCUT2D eigenvalue weighted by Gasteiger charge is -2.27. The molecule has 3 aromatic rings. The van der Waals surface area contributed by atoms with Crippen molar-refractivity contribution in [2.45, 2.75) is 64.5 Å². The Morgan fingerprint density at radius 1 is 1.24 bits per heavy atom. The molecule has 0 spiro atoms. The van der Waals surface area contributed by atoms with Crippen LogP contribution in [0.25, 0.3) is 11.4 Å². The van der Waals surface area contributed by atoms with Gasteiger partial charge in [0.25, 0.3) is 0 Å². The first kappa shape index (κ1) is 21.5. The summed E-state index contributed by atoms with van der Waals surface area (Å²) < 4.78 is 9.75. The van der Waals surface area contributed by atoms with Crippen LogP contribution in [0.15, 0.2) is 18.6 Å². The predicted molar refractivity (Wildman–Crippen MR) is 119 cm³/mol. The Morgan fingerprint density at radius 3 is 2.85 bits per heavy atom. The Bertz CT molecular complexity index is 1150. The Hall–Kier alpha value is -3.30. The van der Waals surface area contributed by atoms with E-state index in [-0.39, 0.29) is 12.0 Å². The summed E-state index contributed by atoms with van der Waals surface area (Å²) in [6.45, 7) is 2.42. The molecule has 174 valence electrons. The standard InChI is InChI=1S/C23H29N7O3/c1-14-21(33-18-5-3-4-16(9-18)23(31)32)11-24-22(26-14)19-10-25-29(2)20(19)13-30-12-17(27-28-30)8-15-6-7-15/h10-12,15-16,18H,3-9,13H2,1-2H3,(H,31,32)/t16-,18-/m0/s1. The molecule has 0 amide bonds. The summed E-state index contributed by atoms with van der Waals surface area (Å²) in [6.07, 6.45) is 11.8. The van der Waals surface area contributed by atoms with E-state index in [0.717, 1.165) is 47.8 Å². The molecular weight excluding hydrogens is 422 g/mol. The predicted octanol–water partition coefficient (Wildman–Crippen LogP) is 2.80. The van der Waals surface area contributed by atoms with E-state index in [1.54, 1.807) is 12.4 Å². The van der Waals surface area contributed by atoms with E-state index < -0.39 is 5.97 Å². The first-order chi connectivity index (χ1) is 16.0. The molecule has 3 aromatic heterocycles. The summed E-state index contributed by atoms with van der Waals surface area (Å²) >= 11 is 0. The second kappa shape index (κ2) is 8.92. The second-order valence-corrected chi connectivity index (χ2v) is 9.27. The van der Waals surface area contributed by atoms with Crippen molar-refractivity contribution < 1.29 is 14.6 Å². The molecule has 5 rings (SSSR count). The zero-order valence-corrected chi connectivity index (χ0v) is 19.0. The average Bonchev–Trinajstić information content (AvgIpc) is 3.39. The number of carboxylic acid groups (broad SMARTS) is 1. The minimum absolute atomic E-state index is 0.126. The third kappa shape index (κ3) is 4.89. The maximum atomic E-state index is 11.3. The fourth-order valence-electron chi connectivity index (χ4n) is 4.48. The Balaban J connectivity index is 1.31. The van der Waals surface area contributed by atoms with Gasteiger partial charge in [-0.15, -0.1) is 5.10 Å². The zero-order chi connectivity index (χ0) is 22.9. The van der Waals surface area contributed by atoms with Crippen LogP contribution in [0, 0.1) is 18.8 Å². The summed E-state index contributed by atoms with van der Waals surface area (Å²) in [5.74, 6) is 0.851. The van der Waals surface area contributed by atoms with E-state index in [4.69, 9.17) is 4.74 Å². The van der Waals surface area contributed by atoms with Gasteiger partial charge in [0.15, 0.2) is 11.6 Å². The van der Waals surface area contributed by atoms with Gasteiger partial charge in [-0.25, -0.2) is 14.6 Å². The lowest BCUT2D eigenvalue weighted by molar-refractivity contribution is -0.143. The molecule has 0 aliphatic heterocycles. The monoisotopic (exact) mass is 451 g/mol.